The molecule has 0 radical (unpaired) electrons. The number of carbonyl (C=O) groups is 1. The predicted molar refractivity (Wildman–Crippen MR) is 79.8 cm³/mol. The molecule has 2 heterocycles. The summed E-state index contributed by atoms with van der Waals surface area (Å²) in [5.74, 6) is 0.0170. The Hall–Kier alpha value is -1.32. The van der Waals surface area contributed by atoms with Crippen LogP contribution < -0.4 is 0 Å². The maximum Gasteiger partial charge on any atom is 0.255 e. The van der Waals surface area contributed by atoms with E-state index in [1.165, 1.54) is 5.57 Å². The number of pyridine rings is 1. The molecule has 104 valence electrons. The number of hydrogen-bond donors (Lipinski definition) is 0. The highest BCUT2D eigenvalue weighted by Crippen LogP contribution is 2.32. The minimum atomic E-state index is 0.0170. The molecule has 1 amide bonds. The number of allylic oxidation sites excluding steroid dienone is 3. The molecule has 1 aliphatic heterocycles. The van der Waals surface area contributed by atoms with E-state index in [1.807, 2.05) is 24.0 Å². The lowest BCUT2D eigenvalue weighted by atomic mass is 9.98. The fourth-order valence-corrected chi connectivity index (χ4v) is 3.21. The first-order chi connectivity index (χ1) is 9.58. The summed E-state index contributed by atoms with van der Waals surface area (Å²) < 4.78 is 0. The smallest absolute Gasteiger partial charge is 0.255 e. The Labute approximate surface area is 127 Å². The number of amides is 1. The highest BCUT2D eigenvalue weighted by molar-refractivity contribution is 6.31. The third-order valence-electron chi connectivity index (χ3n) is 3.92. The fraction of sp³-hybridized carbons (Fsp3) is 0.333. The Morgan fingerprint density at radius 3 is 2.90 bits per heavy atom. The van der Waals surface area contributed by atoms with Crippen LogP contribution >= 0.6 is 23.2 Å². The van der Waals surface area contributed by atoms with Crippen molar-refractivity contribution in [1.29, 1.82) is 0 Å². The highest BCUT2D eigenvalue weighted by Gasteiger charge is 2.33. The molecule has 0 N–H and O–H groups in total. The van der Waals surface area contributed by atoms with Crippen LogP contribution in [0.5, 0.6) is 0 Å². The van der Waals surface area contributed by atoms with Crippen molar-refractivity contribution in [3.05, 3.63) is 51.3 Å². The summed E-state index contributed by atoms with van der Waals surface area (Å²) in [4.78, 5) is 18.4. The molecule has 0 saturated heterocycles. The fourth-order valence-electron chi connectivity index (χ4n) is 2.74. The average molecular weight is 309 g/mol. The predicted octanol–water partition coefficient (Wildman–Crippen LogP) is 3.92. The molecule has 1 atom stereocenters. The van der Waals surface area contributed by atoms with Gasteiger partial charge in [0.25, 0.3) is 5.91 Å². The third-order valence-corrected chi connectivity index (χ3v) is 4.51. The van der Waals surface area contributed by atoms with Gasteiger partial charge in [0.2, 0.25) is 0 Å². The Balaban J connectivity index is 1.89. The van der Waals surface area contributed by atoms with Crippen LogP contribution in [0.2, 0.25) is 5.15 Å². The van der Waals surface area contributed by atoms with Gasteiger partial charge in [-0.3, -0.25) is 4.79 Å². The molecule has 1 aliphatic carbocycles. The Bertz CT molecular complexity index is 637. The molecule has 5 heteroatoms. The molecular formula is C15H14Cl2N2O. The maximum absolute atomic E-state index is 12.5. The molecule has 1 aromatic rings. The van der Waals surface area contributed by atoms with Crippen molar-refractivity contribution in [2.24, 2.45) is 0 Å². The van der Waals surface area contributed by atoms with Gasteiger partial charge in [-0.05, 0) is 37.5 Å². The van der Waals surface area contributed by atoms with Crippen LogP contribution in [-0.4, -0.2) is 21.8 Å². The molecule has 1 unspecified atom stereocenters. The lowest BCUT2D eigenvalue weighted by molar-refractivity contribution is 0.0739. The minimum absolute atomic E-state index is 0.0170. The zero-order valence-corrected chi connectivity index (χ0v) is 12.6. The largest absolute Gasteiger partial charge is 0.328 e. The van der Waals surface area contributed by atoms with Gasteiger partial charge in [0.15, 0.2) is 0 Å². The Morgan fingerprint density at radius 1 is 1.40 bits per heavy atom. The van der Waals surface area contributed by atoms with Gasteiger partial charge in [0.1, 0.15) is 5.15 Å². The molecule has 1 aromatic heterocycles. The van der Waals surface area contributed by atoms with Crippen LogP contribution in [-0.2, 0) is 6.54 Å². The molecular weight excluding hydrogens is 295 g/mol. The van der Waals surface area contributed by atoms with Gasteiger partial charge in [0, 0.05) is 22.4 Å². The van der Waals surface area contributed by atoms with Crippen LogP contribution in [0.4, 0.5) is 0 Å². The second-order valence-electron chi connectivity index (χ2n) is 5.08. The third kappa shape index (κ3) is 2.25. The first kappa shape index (κ1) is 13.7. The van der Waals surface area contributed by atoms with E-state index in [-0.39, 0.29) is 11.9 Å². The number of hydrogen-bond acceptors (Lipinski definition) is 2. The maximum atomic E-state index is 12.5. The Kier molecular flexibility index (Phi) is 3.57. The van der Waals surface area contributed by atoms with Gasteiger partial charge in [-0.25, -0.2) is 4.98 Å². The SMILES string of the molecule is CC(C1=CC(Cl)=CCC1)N1Cc2c(ccnc2Cl)C1=O. The monoisotopic (exact) mass is 308 g/mol. The van der Waals surface area contributed by atoms with Crippen LogP contribution in [0.25, 0.3) is 0 Å². The van der Waals surface area contributed by atoms with E-state index >= 15 is 0 Å². The number of carbonyl (C=O) groups excluding carboxylic acids is 1. The summed E-state index contributed by atoms with van der Waals surface area (Å²) in [6.45, 7) is 2.55. The standard InChI is InChI=1S/C15H14Cl2N2O/c1-9(10-3-2-4-11(16)7-10)19-8-13-12(15(19)20)5-6-18-14(13)17/h4-7,9H,2-3,8H2,1H3. The van der Waals surface area contributed by atoms with E-state index in [1.54, 1.807) is 12.3 Å². The van der Waals surface area contributed by atoms with Crippen molar-refractivity contribution in [2.45, 2.75) is 32.4 Å². The molecule has 0 bridgehead atoms. The van der Waals surface area contributed by atoms with Crippen LogP contribution in [0.15, 0.2) is 35.0 Å². The summed E-state index contributed by atoms with van der Waals surface area (Å²) in [7, 11) is 0. The van der Waals surface area contributed by atoms with Crippen LogP contribution in [0.3, 0.4) is 0 Å². The number of nitrogens with zero attached hydrogens (tertiary/aromatic N) is 2. The van der Waals surface area contributed by atoms with Gasteiger partial charge in [-0.1, -0.05) is 29.3 Å². The van der Waals surface area contributed by atoms with Gasteiger partial charge >= 0.3 is 0 Å². The number of fused-ring (bicyclic) bond motifs is 1. The lowest BCUT2D eigenvalue weighted by Crippen LogP contribution is -2.35. The van der Waals surface area contributed by atoms with Crippen molar-refractivity contribution in [1.82, 2.24) is 9.88 Å². The highest BCUT2D eigenvalue weighted by atomic mass is 35.5. The normalized spacial score (nSPS) is 19.6. The lowest BCUT2D eigenvalue weighted by Gasteiger charge is -2.28. The zero-order chi connectivity index (χ0) is 14.3. The van der Waals surface area contributed by atoms with Gasteiger partial charge in [-0.2, -0.15) is 0 Å². The van der Waals surface area contributed by atoms with E-state index in [0.717, 1.165) is 23.4 Å². The summed E-state index contributed by atoms with van der Waals surface area (Å²) in [6, 6.07) is 1.76. The number of rotatable bonds is 2. The van der Waals surface area contributed by atoms with Crippen molar-refractivity contribution in [3.63, 3.8) is 0 Å². The first-order valence-electron chi connectivity index (χ1n) is 6.58. The Morgan fingerprint density at radius 2 is 2.20 bits per heavy atom. The number of aromatic nitrogens is 1. The summed E-state index contributed by atoms with van der Waals surface area (Å²) >= 11 is 12.1. The van der Waals surface area contributed by atoms with E-state index in [4.69, 9.17) is 23.2 Å². The van der Waals surface area contributed by atoms with E-state index in [0.29, 0.717) is 17.3 Å². The average Bonchev–Trinajstić information content (AvgIpc) is 2.77. The summed E-state index contributed by atoms with van der Waals surface area (Å²) in [6.07, 6.45) is 7.40. The van der Waals surface area contributed by atoms with Gasteiger partial charge in [0.05, 0.1) is 12.6 Å². The van der Waals surface area contributed by atoms with E-state index in [2.05, 4.69) is 4.98 Å². The quantitative estimate of drug-likeness (QED) is 0.776. The van der Waals surface area contributed by atoms with Crippen molar-refractivity contribution in [3.8, 4) is 0 Å². The molecule has 0 aromatic carbocycles. The van der Waals surface area contributed by atoms with Crippen LogP contribution in [0, 0.1) is 0 Å². The molecule has 3 rings (SSSR count). The minimum Gasteiger partial charge on any atom is -0.328 e. The second kappa shape index (κ2) is 5.23. The molecule has 0 fully saturated rings. The number of halogens is 2. The molecule has 20 heavy (non-hydrogen) atoms. The molecule has 3 nitrogen and oxygen atoms in total. The van der Waals surface area contributed by atoms with Gasteiger partial charge in [-0.15, -0.1) is 0 Å². The molecule has 0 saturated carbocycles. The zero-order valence-electron chi connectivity index (χ0n) is 11.1. The second-order valence-corrected chi connectivity index (χ2v) is 5.88. The van der Waals surface area contributed by atoms with E-state index in [9.17, 15) is 4.79 Å². The topological polar surface area (TPSA) is 33.2 Å². The summed E-state index contributed by atoms with van der Waals surface area (Å²) in [5.41, 5.74) is 2.67. The van der Waals surface area contributed by atoms with Crippen molar-refractivity contribution in [2.75, 3.05) is 0 Å². The first-order valence-corrected chi connectivity index (χ1v) is 7.34. The summed E-state index contributed by atoms with van der Waals surface area (Å²) in [5, 5.41) is 1.17. The molecule has 0 spiro atoms. The van der Waals surface area contributed by atoms with E-state index < -0.39 is 0 Å². The van der Waals surface area contributed by atoms with Gasteiger partial charge < -0.3 is 4.90 Å². The van der Waals surface area contributed by atoms with Crippen LogP contribution in [0.1, 0.15) is 35.7 Å². The van der Waals surface area contributed by atoms with Crippen molar-refractivity contribution < 1.29 is 4.79 Å². The van der Waals surface area contributed by atoms with Crippen molar-refractivity contribution >= 4 is 29.1 Å². The molecule has 2 aliphatic rings.